The fourth-order valence-corrected chi connectivity index (χ4v) is 3.83. The number of nitriles is 1. The lowest BCUT2D eigenvalue weighted by atomic mass is 10.1. The van der Waals surface area contributed by atoms with E-state index in [2.05, 4.69) is 32.4 Å². The quantitative estimate of drug-likeness (QED) is 0.570. The van der Waals surface area contributed by atoms with Crippen LogP contribution >= 0.6 is 0 Å². The molecule has 3 rings (SSSR count). The SMILES string of the molecule is Cc1ccc(NS(=O)(=O)c2ccc(C#CCOC(N)=O)cc2)c2[nH]cc(C#N)c12. The van der Waals surface area contributed by atoms with Gasteiger partial charge >= 0.3 is 6.09 Å². The molecule has 1 heterocycles. The van der Waals surface area contributed by atoms with Crippen LogP contribution in [0.25, 0.3) is 10.9 Å². The fourth-order valence-electron chi connectivity index (χ4n) is 2.76. The van der Waals surface area contributed by atoms with Gasteiger partial charge < -0.3 is 15.5 Å². The Bertz CT molecular complexity index is 1290. The summed E-state index contributed by atoms with van der Waals surface area (Å²) < 4.78 is 32.6. The lowest BCUT2D eigenvalue weighted by molar-refractivity contribution is 0.171. The zero-order chi connectivity index (χ0) is 21.0. The van der Waals surface area contributed by atoms with Crippen LogP contribution in [0.15, 0.2) is 47.5 Å². The standard InChI is InChI=1S/C20H16N4O4S/c1-13-4-9-17(19-18(13)15(11-21)12-23-19)24-29(26,27)16-7-5-14(6-8-16)3-2-10-28-20(22)25/h4-9,12,23-24H,10H2,1H3,(H2,22,25). The first-order valence-electron chi connectivity index (χ1n) is 8.36. The molecule has 0 aliphatic heterocycles. The predicted molar refractivity (Wildman–Crippen MR) is 107 cm³/mol. The first kappa shape index (κ1) is 19.8. The second-order valence-corrected chi connectivity index (χ2v) is 7.72. The fraction of sp³-hybridized carbons (Fsp3) is 0.100. The van der Waals surface area contributed by atoms with Crippen molar-refractivity contribution in [2.75, 3.05) is 11.3 Å². The molecule has 0 radical (unpaired) electrons. The number of sulfonamides is 1. The van der Waals surface area contributed by atoms with Crippen LogP contribution in [0, 0.1) is 30.1 Å². The Kier molecular flexibility index (Phi) is 5.44. The molecule has 1 aromatic heterocycles. The zero-order valence-electron chi connectivity index (χ0n) is 15.3. The highest BCUT2D eigenvalue weighted by Gasteiger charge is 2.17. The van der Waals surface area contributed by atoms with Gasteiger partial charge in [0.2, 0.25) is 0 Å². The Morgan fingerprint density at radius 3 is 2.62 bits per heavy atom. The number of amides is 1. The van der Waals surface area contributed by atoms with E-state index in [0.717, 1.165) is 5.56 Å². The summed E-state index contributed by atoms with van der Waals surface area (Å²) >= 11 is 0. The number of primary amides is 1. The van der Waals surface area contributed by atoms with Crippen LogP contribution in [-0.4, -0.2) is 26.1 Å². The van der Waals surface area contributed by atoms with E-state index in [0.29, 0.717) is 27.7 Å². The van der Waals surface area contributed by atoms with Crippen molar-refractivity contribution in [3.8, 4) is 17.9 Å². The maximum absolute atomic E-state index is 12.8. The molecular weight excluding hydrogens is 392 g/mol. The maximum Gasteiger partial charge on any atom is 0.405 e. The number of hydrogen-bond acceptors (Lipinski definition) is 5. The number of carbonyl (C=O) groups is 1. The second kappa shape index (κ2) is 7.97. The molecule has 1 amide bonds. The molecule has 0 bridgehead atoms. The number of aromatic nitrogens is 1. The molecule has 4 N–H and O–H groups in total. The third kappa shape index (κ3) is 4.32. The molecule has 0 spiro atoms. The molecular formula is C20H16N4O4S. The van der Waals surface area contributed by atoms with Crippen LogP contribution in [0.2, 0.25) is 0 Å². The van der Waals surface area contributed by atoms with Gasteiger partial charge in [0, 0.05) is 17.1 Å². The average Bonchev–Trinajstić information content (AvgIpc) is 3.13. The molecule has 2 aromatic carbocycles. The Morgan fingerprint density at radius 2 is 1.97 bits per heavy atom. The van der Waals surface area contributed by atoms with Crippen molar-refractivity contribution >= 4 is 32.7 Å². The van der Waals surface area contributed by atoms with Crippen molar-refractivity contribution in [1.29, 1.82) is 5.26 Å². The molecule has 3 aromatic rings. The van der Waals surface area contributed by atoms with Gasteiger partial charge in [-0.05, 0) is 42.8 Å². The number of carbonyl (C=O) groups excluding carboxylic acids is 1. The third-order valence-corrected chi connectivity index (χ3v) is 5.47. The summed E-state index contributed by atoms with van der Waals surface area (Å²) in [7, 11) is -3.86. The first-order valence-corrected chi connectivity index (χ1v) is 9.85. The minimum atomic E-state index is -3.86. The summed E-state index contributed by atoms with van der Waals surface area (Å²) in [5.41, 5.74) is 7.59. The van der Waals surface area contributed by atoms with E-state index in [1.165, 1.54) is 12.1 Å². The summed E-state index contributed by atoms with van der Waals surface area (Å²) in [6.07, 6.45) is 0.631. The van der Waals surface area contributed by atoms with Gasteiger partial charge in [0.25, 0.3) is 10.0 Å². The molecule has 0 saturated heterocycles. The monoisotopic (exact) mass is 408 g/mol. The highest BCUT2D eigenvalue weighted by atomic mass is 32.2. The Hall–Kier alpha value is -3.95. The van der Waals surface area contributed by atoms with E-state index in [4.69, 9.17) is 5.73 Å². The van der Waals surface area contributed by atoms with Gasteiger partial charge in [-0.25, -0.2) is 13.2 Å². The van der Waals surface area contributed by atoms with E-state index in [1.807, 2.05) is 6.92 Å². The molecule has 9 heteroatoms. The van der Waals surface area contributed by atoms with Gasteiger partial charge in [0.15, 0.2) is 6.61 Å². The minimum Gasteiger partial charge on any atom is -0.437 e. The molecule has 8 nitrogen and oxygen atoms in total. The number of rotatable bonds is 4. The van der Waals surface area contributed by atoms with Crippen molar-refractivity contribution < 1.29 is 17.9 Å². The van der Waals surface area contributed by atoms with E-state index in [-0.39, 0.29) is 11.5 Å². The van der Waals surface area contributed by atoms with Crippen LogP contribution in [-0.2, 0) is 14.8 Å². The number of nitrogens with zero attached hydrogens (tertiary/aromatic N) is 1. The minimum absolute atomic E-state index is 0.0530. The lowest BCUT2D eigenvalue weighted by Gasteiger charge is -2.10. The number of aryl methyl sites for hydroxylation is 1. The van der Waals surface area contributed by atoms with Crippen molar-refractivity contribution in [1.82, 2.24) is 4.98 Å². The molecule has 0 atom stereocenters. The van der Waals surface area contributed by atoms with Gasteiger partial charge in [-0.2, -0.15) is 5.26 Å². The second-order valence-electron chi connectivity index (χ2n) is 6.03. The molecule has 0 aliphatic rings. The first-order chi connectivity index (χ1) is 13.8. The van der Waals surface area contributed by atoms with Gasteiger partial charge in [0.1, 0.15) is 6.07 Å². The molecule has 146 valence electrons. The molecule has 0 unspecified atom stereocenters. The lowest BCUT2D eigenvalue weighted by Crippen LogP contribution is -2.13. The highest BCUT2D eigenvalue weighted by molar-refractivity contribution is 7.92. The van der Waals surface area contributed by atoms with Gasteiger partial charge in [-0.3, -0.25) is 4.72 Å². The number of ether oxygens (including phenoxy) is 1. The third-order valence-electron chi connectivity index (χ3n) is 4.09. The molecule has 0 saturated carbocycles. The average molecular weight is 408 g/mol. The Morgan fingerprint density at radius 1 is 1.24 bits per heavy atom. The number of H-pyrrole nitrogens is 1. The number of aromatic amines is 1. The number of anilines is 1. The van der Waals surface area contributed by atoms with Gasteiger partial charge in [-0.15, -0.1) is 0 Å². The molecule has 0 aliphatic carbocycles. The summed E-state index contributed by atoms with van der Waals surface area (Å²) in [5, 5.41) is 9.91. The summed E-state index contributed by atoms with van der Waals surface area (Å²) in [6, 6.07) is 11.4. The van der Waals surface area contributed by atoms with E-state index < -0.39 is 16.1 Å². The number of hydrogen-bond donors (Lipinski definition) is 3. The predicted octanol–water partition coefficient (Wildman–Crippen LogP) is 2.60. The van der Waals surface area contributed by atoms with Crippen LogP contribution in [0.3, 0.4) is 0 Å². The number of fused-ring (bicyclic) bond motifs is 1. The van der Waals surface area contributed by atoms with Crippen molar-refractivity contribution in [2.24, 2.45) is 5.73 Å². The van der Waals surface area contributed by atoms with Crippen molar-refractivity contribution in [3.63, 3.8) is 0 Å². The largest absolute Gasteiger partial charge is 0.437 e. The van der Waals surface area contributed by atoms with E-state index >= 15 is 0 Å². The van der Waals surface area contributed by atoms with Crippen LogP contribution in [0.4, 0.5) is 10.5 Å². The summed E-state index contributed by atoms with van der Waals surface area (Å²) in [5.74, 6) is 5.33. The zero-order valence-corrected chi connectivity index (χ0v) is 16.1. The highest BCUT2D eigenvalue weighted by Crippen LogP contribution is 2.29. The number of nitrogens with one attached hydrogen (secondary N) is 2. The number of benzene rings is 2. The number of nitrogens with two attached hydrogens (primary N) is 1. The van der Waals surface area contributed by atoms with Crippen molar-refractivity contribution in [2.45, 2.75) is 11.8 Å². The van der Waals surface area contributed by atoms with Crippen molar-refractivity contribution in [3.05, 3.63) is 59.3 Å². The van der Waals surface area contributed by atoms with Gasteiger partial charge in [-0.1, -0.05) is 17.9 Å². The van der Waals surface area contributed by atoms with E-state index in [9.17, 15) is 18.5 Å². The van der Waals surface area contributed by atoms with Crippen LogP contribution in [0.1, 0.15) is 16.7 Å². The maximum atomic E-state index is 12.8. The Labute approximate surface area is 167 Å². The van der Waals surface area contributed by atoms with Crippen LogP contribution in [0.5, 0.6) is 0 Å². The van der Waals surface area contributed by atoms with Gasteiger partial charge in [0.05, 0.1) is 21.7 Å². The smallest absolute Gasteiger partial charge is 0.405 e. The molecule has 29 heavy (non-hydrogen) atoms. The molecule has 0 fully saturated rings. The van der Waals surface area contributed by atoms with E-state index in [1.54, 1.807) is 30.5 Å². The topological polar surface area (TPSA) is 138 Å². The normalized spacial score (nSPS) is 10.6. The summed E-state index contributed by atoms with van der Waals surface area (Å²) in [4.78, 5) is 13.5. The Balaban J connectivity index is 1.84. The summed E-state index contributed by atoms with van der Waals surface area (Å²) in [6.45, 7) is 1.70. The van der Waals surface area contributed by atoms with Crippen LogP contribution < -0.4 is 10.5 Å².